The molecule has 3 aromatic rings. The first-order valence-electron chi connectivity index (χ1n) is 12.8. The van der Waals surface area contributed by atoms with Crippen molar-refractivity contribution in [3.8, 4) is 23.0 Å². The summed E-state index contributed by atoms with van der Waals surface area (Å²) in [6.45, 7) is 6.39. The fourth-order valence-electron chi connectivity index (χ4n) is 4.40. The van der Waals surface area contributed by atoms with E-state index in [1.165, 1.54) is 19.2 Å². The Bertz CT molecular complexity index is 1540. The molecule has 1 aromatic heterocycles. The number of hydrogen-bond donors (Lipinski definition) is 1. The van der Waals surface area contributed by atoms with Crippen LogP contribution in [0.2, 0.25) is 0 Å². The fraction of sp³-hybridized carbons (Fsp3) is 0.233. The maximum absolute atomic E-state index is 13.1. The molecule has 212 valence electrons. The number of imide groups is 1. The zero-order valence-corrected chi connectivity index (χ0v) is 22.6. The molecule has 2 aliphatic rings. The number of methoxy groups -OCH3 is 1. The maximum Gasteiger partial charge on any atom is 0.373 e. The summed E-state index contributed by atoms with van der Waals surface area (Å²) in [6.07, 6.45) is 3.78. The first-order valence-corrected chi connectivity index (χ1v) is 12.8. The minimum absolute atomic E-state index is 0.0237. The van der Waals surface area contributed by atoms with Gasteiger partial charge < -0.3 is 33.4 Å². The molecule has 11 nitrogen and oxygen atoms in total. The average molecular weight is 561 g/mol. The second-order valence-corrected chi connectivity index (χ2v) is 9.05. The number of esters is 1. The summed E-state index contributed by atoms with van der Waals surface area (Å²) in [5.41, 5.74) is 2.38. The number of amides is 3. The van der Waals surface area contributed by atoms with Crippen molar-refractivity contribution in [3.63, 3.8) is 0 Å². The summed E-state index contributed by atoms with van der Waals surface area (Å²) in [5.74, 6) is 1.42. The zero-order chi connectivity index (χ0) is 28.9. The Labute approximate surface area is 235 Å². The lowest BCUT2D eigenvalue weighted by atomic mass is 10.0. The molecule has 0 saturated carbocycles. The lowest BCUT2D eigenvalue weighted by Crippen LogP contribution is -2.30. The molecule has 0 atom stereocenters. The third-order valence-corrected chi connectivity index (χ3v) is 6.27. The summed E-state index contributed by atoms with van der Waals surface area (Å²) in [4.78, 5) is 38.4. The Morgan fingerprint density at radius 3 is 2.71 bits per heavy atom. The van der Waals surface area contributed by atoms with Gasteiger partial charge in [-0.25, -0.2) is 9.59 Å². The minimum atomic E-state index is -0.655. The molecule has 1 fully saturated rings. The molecule has 11 heteroatoms. The van der Waals surface area contributed by atoms with Gasteiger partial charge in [0, 0.05) is 5.56 Å². The van der Waals surface area contributed by atoms with Crippen LogP contribution in [0.3, 0.4) is 0 Å². The van der Waals surface area contributed by atoms with Gasteiger partial charge in [-0.05, 0) is 66.9 Å². The van der Waals surface area contributed by atoms with Gasteiger partial charge in [-0.2, -0.15) is 0 Å². The predicted molar refractivity (Wildman–Crippen MR) is 146 cm³/mol. The second-order valence-electron chi connectivity index (χ2n) is 9.05. The van der Waals surface area contributed by atoms with Gasteiger partial charge in [-0.15, -0.1) is 6.58 Å². The normalized spacial score (nSPS) is 14.8. The van der Waals surface area contributed by atoms with Crippen LogP contribution >= 0.6 is 0 Å². The van der Waals surface area contributed by atoms with E-state index in [4.69, 9.17) is 23.4 Å². The number of fused-ring (bicyclic) bond motifs is 1. The van der Waals surface area contributed by atoms with E-state index in [9.17, 15) is 14.4 Å². The van der Waals surface area contributed by atoms with Crippen LogP contribution in [0.15, 0.2) is 65.2 Å². The highest BCUT2D eigenvalue weighted by Gasteiger charge is 2.34. The second kappa shape index (κ2) is 11.9. The highest BCUT2D eigenvalue weighted by atomic mass is 16.7. The topological polar surface area (TPSA) is 126 Å². The van der Waals surface area contributed by atoms with Crippen molar-refractivity contribution in [2.45, 2.75) is 26.5 Å². The number of hydrogen-bond acceptors (Lipinski definition) is 9. The number of carbonyl (C=O) groups is 3. The van der Waals surface area contributed by atoms with Gasteiger partial charge in [0.05, 0.1) is 20.3 Å². The van der Waals surface area contributed by atoms with Gasteiger partial charge in [-0.3, -0.25) is 9.69 Å². The third kappa shape index (κ3) is 5.88. The van der Waals surface area contributed by atoms with E-state index in [2.05, 4.69) is 16.6 Å². The van der Waals surface area contributed by atoms with Gasteiger partial charge in [-0.1, -0.05) is 12.1 Å². The van der Waals surface area contributed by atoms with E-state index in [0.717, 1.165) is 16.0 Å². The SMILES string of the molecule is C=CCc1cc(/C=C2\NC(=O)N(Cc3ccc(C(=O)OC)o3)C2=O)cc(OCC)c1OCc1ccc2c(c1)OCO2. The quantitative estimate of drug-likeness (QED) is 0.155. The standard InChI is InChI=1S/C30H28N2O9/c1-4-6-20-11-19(12-22-28(33)32(30(35)31-22)15-21-8-10-24(41-21)29(34)36-3)14-26(37-5-2)27(20)38-16-18-7-9-23-25(13-18)40-17-39-23/h4,7-14H,1,5-6,15-17H2,2-3H3,(H,31,35)/b22-12-. The van der Waals surface area contributed by atoms with Crippen LogP contribution in [0.25, 0.3) is 6.08 Å². The van der Waals surface area contributed by atoms with Crippen LogP contribution in [0.5, 0.6) is 23.0 Å². The van der Waals surface area contributed by atoms with Crippen molar-refractivity contribution < 1.29 is 42.5 Å². The summed E-state index contributed by atoms with van der Waals surface area (Å²) < 4.78 is 33.0. The van der Waals surface area contributed by atoms with E-state index >= 15 is 0 Å². The maximum atomic E-state index is 13.1. The third-order valence-electron chi connectivity index (χ3n) is 6.27. The number of furan rings is 1. The van der Waals surface area contributed by atoms with Crippen molar-refractivity contribution in [3.05, 3.63) is 89.0 Å². The van der Waals surface area contributed by atoms with E-state index in [-0.39, 0.29) is 37.2 Å². The summed E-state index contributed by atoms with van der Waals surface area (Å²) in [6, 6.07) is 11.5. The monoisotopic (exact) mass is 560 g/mol. The molecular formula is C30H28N2O9. The molecule has 1 saturated heterocycles. The van der Waals surface area contributed by atoms with Crippen molar-refractivity contribution in [1.82, 2.24) is 10.2 Å². The summed E-state index contributed by atoms with van der Waals surface area (Å²) in [5, 5.41) is 2.60. The van der Waals surface area contributed by atoms with Crippen LogP contribution in [0.4, 0.5) is 4.79 Å². The zero-order valence-electron chi connectivity index (χ0n) is 22.6. The van der Waals surface area contributed by atoms with Gasteiger partial charge >= 0.3 is 12.0 Å². The molecule has 2 aromatic carbocycles. The van der Waals surface area contributed by atoms with Crippen LogP contribution in [-0.2, 0) is 29.1 Å². The van der Waals surface area contributed by atoms with Crippen molar-refractivity contribution >= 4 is 24.0 Å². The first-order chi connectivity index (χ1) is 19.9. The van der Waals surface area contributed by atoms with Crippen molar-refractivity contribution in [2.75, 3.05) is 20.5 Å². The predicted octanol–water partition coefficient (Wildman–Crippen LogP) is 4.59. The number of nitrogens with zero attached hydrogens (tertiary/aromatic N) is 1. The molecule has 0 unspecified atom stereocenters. The molecular weight excluding hydrogens is 532 g/mol. The Morgan fingerprint density at radius 2 is 1.93 bits per heavy atom. The number of rotatable bonds is 11. The first kappa shape index (κ1) is 27.4. The lowest BCUT2D eigenvalue weighted by molar-refractivity contribution is -0.123. The van der Waals surface area contributed by atoms with Crippen LogP contribution in [0, 0.1) is 0 Å². The van der Waals surface area contributed by atoms with Crippen LogP contribution < -0.4 is 24.3 Å². The average Bonchev–Trinajstić information content (AvgIpc) is 3.69. The molecule has 3 amide bonds. The van der Waals surface area contributed by atoms with E-state index < -0.39 is 17.9 Å². The Morgan fingerprint density at radius 1 is 1.10 bits per heavy atom. The van der Waals surface area contributed by atoms with E-state index in [1.54, 1.807) is 18.2 Å². The highest BCUT2D eigenvalue weighted by Crippen LogP contribution is 2.37. The van der Waals surface area contributed by atoms with E-state index in [1.807, 2.05) is 31.2 Å². The number of nitrogens with one attached hydrogen (secondary N) is 1. The molecule has 5 rings (SSSR count). The highest BCUT2D eigenvalue weighted by molar-refractivity contribution is 6.13. The number of ether oxygens (including phenoxy) is 5. The number of urea groups is 1. The molecule has 0 spiro atoms. The minimum Gasteiger partial charge on any atom is -0.490 e. The number of carbonyl (C=O) groups excluding carboxylic acids is 3. The summed E-state index contributed by atoms with van der Waals surface area (Å²) in [7, 11) is 1.23. The van der Waals surface area contributed by atoms with Gasteiger partial charge in [0.15, 0.2) is 23.0 Å². The Kier molecular flexibility index (Phi) is 7.95. The Hall–Kier alpha value is -5.19. The lowest BCUT2D eigenvalue weighted by Gasteiger charge is -2.17. The molecule has 3 heterocycles. The van der Waals surface area contributed by atoms with Crippen molar-refractivity contribution in [1.29, 1.82) is 0 Å². The van der Waals surface area contributed by atoms with Crippen LogP contribution in [-0.4, -0.2) is 43.3 Å². The fourth-order valence-corrected chi connectivity index (χ4v) is 4.40. The molecule has 0 radical (unpaired) electrons. The van der Waals surface area contributed by atoms with Gasteiger partial charge in [0.2, 0.25) is 12.6 Å². The van der Waals surface area contributed by atoms with Crippen LogP contribution in [0.1, 0.15) is 39.9 Å². The molecule has 1 N–H and O–H groups in total. The smallest absolute Gasteiger partial charge is 0.373 e. The molecule has 2 aliphatic heterocycles. The molecule has 41 heavy (non-hydrogen) atoms. The number of benzene rings is 2. The van der Waals surface area contributed by atoms with E-state index in [0.29, 0.717) is 41.6 Å². The number of allylic oxidation sites excluding steroid dienone is 1. The largest absolute Gasteiger partial charge is 0.490 e. The molecule has 0 bridgehead atoms. The Balaban J connectivity index is 1.37. The van der Waals surface area contributed by atoms with Crippen molar-refractivity contribution in [2.24, 2.45) is 0 Å². The van der Waals surface area contributed by atoms with Gasteiger partial charge in [0.1, 0.15) is 18.1 Å². The summed E-state index contributed by atoms with van der Waals surface area (Å²) >= 11 is 0. The molecule has 0 aliphatic carbocycles. The van der Waals surface area contributed by atoms with Gasteiger partial charge in [0.25, 0.3) is 5.91 Å².